The van der Waals surface area contributed by atoms with Gasteiger partial charge in [0.25, 0.3) is 0 Å². The molecule has 3 heteroatoms. The van der Waals surface area contributed by atoms with Gasteiger partial charge in [-0.25, -0.2) is 4.98 Å². The number of hydrogen-bond acceptors (Lipinski definition) is 3. The SMILES string of the molecule is CC.CC.CCCC.N.[HH].c1ccc(-c2nccs2)cc1. The highest BCUT2D eigenvalue weighted by atomic mass is 32.1. The first-order valence-corrected chi connectivity index (χ1v) is 8.21. The van der Waals surface area contributed by atoms with Crippen molar-refractivity contribution in [2.45, 2.75) is 54.4 Å². The van der Waals surface area contributed by atoms with E-state index in [1.54, 1.807) is 11.3 Å². The maximum atomic E-state index is 4.20. The molecular weight excluding hydrogens is 264 g/mol. The highest BCUT2D eigenvalue weighted by molar-refractivity contribution is 7.13. The third-order valence-corrected chi connectivity index (χ3v) is 2.78. The van der Waals surface area contributed by atoms with Gasteiger partial charge in [0.15, 0.2) is 0 Å². The van der Waals surface area contributed by atoms with Crippen LogP contribution in [0.4, 0.5) is 0 Å². The second-order valence-corrected chi connectivity index (χ2v) is 4.10. The first-order valence-electron chi connectivity index (χ1n) is 7.33. The lowest BCUT2D eigenvalue weighted by molar-refractivity contribution is 0.886. The van der Waals surface area contributed by atoms with Crippen LogP contribution in [0.25, 0.3) is 10.6 Å². The molecular formula is C17H34N2S. The summed E-state index contributed by atoms with van der Waals surface area (Å²) in [6.07, 6.45) is 4.47. The van der Waals surface area contributed by atoms with Gasteiger partial charge in [-0.2, -0.15) is 0 Å². The van der Waals surface area contributed by atoms with E-state index < -0.39 is 0 Å². The number of thiazole rings is 1. The van der Waals surface area contributed by atoms with Gasteiger partial charge in [-0.3, -0.25) is 0 Å². The molecule has 0 saturated heterocycles. The second kappa shape index (κ2) is 20.1. The first-order chi connectivity index (χ1) is 9.38. The van der Waals surface area contributed by atoms with Crippen LogP contribution >= 0.6 is 11.3 Å². The molecule has 20 heavy (non-hydrogen) atoms. The van der Waals surface area contributed by atoms with Gasteiger partial charge in [0, 0.05) is 18.6 Å². The number of nitrogens with zero attached hydrogens (tertiary/aromatic N) is 1. The monoisotopic (exact) mass is 298 g/mol. The van der Waals surface area contributed by atoms with Crippen molar-refractivity contribution in [2.75, 3.05) is 0 Å². The fraction of sp³-hybridized carbons (Fsp3) is 0.471. The van der Waals surface area contributed by atoms with Crippen molar-refractivity contribution in [2.24, 2.45) is 0 Å². The molecule has 118 valence electrons. The summed E-state index contributed by atoms with van der Waals surface area (Å²) in [6, 6.07) is 10.2. The lowest BCUT2D eigenvalue weighted by Crippen LogP contribution is -1.71. The zero-order valence-electron chi connectivity index (χ0n) is 14.0. The Bertz CT molecular complexity index is 348. The standard InChI is InChI=1S/C9H7NS.C4H10.2C2H6.H3N.H2/c1-2-4-8(5-3-1)9-10-6-7-11-9;1-3-4-2;2*1-2;;/h1-7H;3-4H2,1-2H3;2*1-2H3;1H3;1H. The fourth-order valence-electron chi connectivity index (χ4n) is 0.947. The maximum Gasteiger partial charge on any atom is 0.123 e. The zero-order chi connectivity index (χ0) is 14.9. The van der Waals surface area contributed by atoms with Crippen LogP contribution in [0.5, 0.6) is 0 Å². The molecule has 0 radical (unpaired) electrons. The topological polar surface area (TPSA) is 47.9 Å². The van der Waals surface area contributed by atoms with Crippen molar-refractivity contribution in [1.29, 1.82) is 0 Å². The van der Waals surface area contributed by atoms with Gasteiger partial charge in [0.05, 0.1) is 0 Å². The molecule has 1 aromatic carbocycles. The summed E-state index contributed by atoms with van der Waals surface area (Å²) in [5.41, 5.74) is 1.20. The minimum atomic E-state index is 0. The Kier molecular flexibility index (Phi) is 24.0. The van der Waals surface area contributed by atoms with Crippen LogP contribution < -0.4 is 6.15 Å². The molecule has 1 heterocycles. The van der Waals surface area contributed by atoms with Crippen LogP contribution in [0.1, 0.15) is 55.8 Å². The average Bonchev–Trinajstić information content (AvgIpc) is 3.07. The highest BCUT2D eigenvalue weighted by Gasteiger charge is 1.95. The molecule has 0 saturated carbocycles. The van der Waals surface area contributed by atoms with Crippen molar-refractivity contribution in [3.8, 4) is 10.6 Å². The van der Waals surface area contributed by atoms with Crippen LogP contribution in [0.15, 0.2) is 41.9 Å². The predicted molar refractivity (Wildman–Crippen MR) is 98.0 cm³/mol. The van der Waals surface area contributed by atoms with E-state index in [-0.39, 0.29) is 7.58 Å². The normalized spacial score (nSPS) is 7.50. The quantitative estimate of drug-likeness (QED) is 0.644. The van der Waals surface area contributed by atoms with Gasteiger partial charge >= 0.3 is 0 Å². The molecule has 0 aliphatic carbocycles. The summed E-state index contributed by atoms with van der Waals surface area (Å²) in [5, 5.41) is 3.08. The van der Waals surface area contributed by atoms with Crippen molar-refractivity contribution >= 4 is 11.3 Å². The number of benzene rings is 1. The van der Waals surface area contributed by atoms with E-state index in [9.17, 15) is 0 Å². The van der Waals surface area contributed by atoms with Crippen LogP contribution in [-0.2, 0) is 0 Å². The Balaban J connectivity index is -0.000000126. The van der Waals surface area contributed by atoms with Crippen LogP contribution in [0.3, 0.4) is 0 Å². The van der Waals surface area contributed by atoms with E-state index in [0.717, 1.165) is 5.01 Å². The van der Waals surface area contributed by atoms with E-state index in [2.05, 4.69) is 31.0 Å². The second-order valence-electron chi connectivity index (χ2n) is 3.20. The smallest absolute Gasteiger partial charge is 0.123 e. The molecule has 2 aromatic rings. The highest BCUT2D eigenvalue weighted by Crippen LogP contribution is 2.20. The van der Waals surface area contributed by atoms with Crippen molar-refractivity contribution in [1.82, 2.24) is 11.1 Å². The van der Waals surface area contributed by atoms with Crippen molar-refractivity contribution < 1.29 is 1.43 Å². The molecule has 2 nitrogen and oxygen atoms in total. The van der Waals surface area contributed by atoms with Gasteiger partial charge < -0.3 is 6.15 Å². The van der Waals surface area contributed by atoms with E-state index in [1.165, 1.54) is 18.4 Å². The Morgan fingerprint density at radius 3 is 1.80 bits per heavy atom. The Hall–Kier alpha value is -1.19. The molecule has 3 N–H and O–H groups in total. The van der Waals surface area contributed by atoms with Crippen molar-refractivity contribution in [3.05, 3.63) is 41.9 Å². The molecule has 1 aromatic heterocycles. The maximum absolute atomic E-state index is 4.20. The van der Waals surface area contributed by atoms with Gasteiger partial charge in [-0.1, -0.05) is 84.7 Å². The summed E-state index contributed by atoms with van der Waals surface area (Å²) in [5.74, 6) is 0. The van der Waals surface area contributed by atoms with Gasteiger partial charge in [-0.05, 0) is 0 Å². The molecule has 0 fully saturated rings. The fourth-order valence-corrected chi connectivity index (χ4v) is 1.59. The average molecular weight is 299 g/mol. The number of unbranched alkanes of at least 4 members (excludes halogenated alkanes) is 1. The lowest BCUT2D eigenvalue weighted by atomic mass is 10.2. The third-order valence-electron chi connectivity index (χ3n) is 1.95. The largest absolute Gasteiger partial charge is 0.344 e. The van der Waals surface area contributed by atoms with E-state index in [1.807, 2.05) is 57.5 Å². The number of rotatable bonds is 2. The summed E-state index contributed by atoms with van der Waals surface area (Å²) in [7, 11) is 0. The van der Waals surface area contributed by atoms with Crippen LogP contribution in [0.2, 0.25) is 0 Å². The van der Waals surface area contributed by atoms with E-state index in [4.69, 9.17) is 0 Å². The molecule has 0 aliphatic heterocycles. The minimum absolute atomic E-state index is 0. The van der Waals surface area contributed by atoms with Crippen molar-refractivity contribution in [3.63, 3.8) is 0 Å². The van der Waals surface area contributed by atoms with E-state index in [0.29, 0.717) is 0 Å². The first kappa shape index (κ1) is 23.9. The van der Waals surface area contributed by atoms with Gasteiger partial charge in [0.2, 0.25) is 0 Å². The molecule has 0 amide bonds. The Morgan fingerprint density at radius 2 is 1.45 bits per heavy atom. The molecule has 0 aliphatic rings. The van der Waals surface area contributed by atoms with Gasteiger partial charge in [-0.15, -0.1) is 11.3 Å². The van der Waals surface area contributed by atoms with Crippen LogP contribution in [-0.4, -0.2) is 4.98 Å². The lowest BCUT2D eigenvalue weighted by Gasteiger charge is -1.91. The summed E-state index contributed by atoms with van der Waals surface area (Å²) >= 11 is 1.66. The van der Waals surface area contributed by atoms with Gasteiger partial charge in [0.1, 0.15) is 5.01 Å². The predicted octanol–water partition coefficient (Wildman–Crippen LogP) is 7.08. The number of hydrogen-bond donors (Lipinski definition) is 1. The Morgan fingerprint density at radius 1 is 0.950 bits per heavy atom. The number of aromatic nitrogens is 1. The zero-order valence-corrected chi connectivity index (χ0v) is 14.8. The third kappa shape index (κ3) is 11.9. The molecule has 0 unspecified atom stereocenters. The summed E-state index contributed by atoms with van der Waals surface area (Å²) in [6.45, 7) is 12.4. The molecule has 0 spiro atoms. The van der Waals surface area contributed by atoms with Crippen LogP contribution in [0, 0.1) is 0 Å². The summed E-state index contributed by atoms with van der Waals surface area (Å²) in [4.78, 5) is 4.20. The Labute approximate surface area is 131 Å². The molecule has 0 atom stereocenters. The molecule has 2 rings (SSSR count). The van der Waals surface area contributed by atoms with E-state index >= 15 is 0 Å². The summed E-state index contributed by atoms with van der Waals surface area (Å²) < 4.78 is 0. The minimum Gasteiger partial charge on any atom is -0.344 e. The molecule has 0 bridgehead atoms.